The van der Waals surface area contributed by atoms with Gasteiger partial charge in [0.2, 0.25) is 5.91 Å². The van der Waals surface area contributed by atoms with E-state index in [1.165, 1.54) is 11.1 Å². The summed E-state index contributed by atoms with van der Waals surface area (Å²) in [6, 6.07) is 8.68. The molecule has 1 saturated heterocycles. The molecule has 0 bridgehead atoms. The maximum absolute atomic E-state index is 12.5. The summed E-state index contributed by atoms with van der Waals surface area (Å²) in [6.07, 6.45) is 2.07. The number of hydrogen-bond donors (Lipinski definition) is 1. The van der Waals surface area contributed by atoms with E-state index in [0.29, 0.717) is 39.4 Å². The Morgan fingerprint density at radius 2 is 2.09 bits per heavy atom. The molecule has 0 aromatic heterocycles. The molecule has 22 heavy (non-hydrogen) atoms. The highest BCUT2D eigenvalue weighted by Crippen LogP contribution is 2.35. The van der Waals surface area contributed by atoms with Crippen molar-refractivity contribution in [2.24, 2.45) is 0 Å². The van der Waals surface area contributed by atoms with Crippen LogP contribution in [0.5, 0.6) is 0 Å². The average molecular weight is 304 g/mol. The van der Waals surface area contributed by atoms with Crippen LogP contribution in [0, 0.1) is 0 Å². The summed E-state index contributed by atoms with van der Waals surface area (Å²) in [6.45, 7) is 3.58. The van der Waals surface area contributed by atoms with E-state index in [1.807, 2.05) is 4.90 Å². The second-order valence-corrected chi connectivity index (χ2v) is 5.94. The highest BCUT2D eigenvalue weighted by atomic mass is 16.5. The first-order valence-corrected chi connectivity index (χ1v) is 8.08. The highest BCUT2D eigenvalue weighted by Gasteiger charge is 2.30. The summed E-state index contributed by atoms with van der Waals surface area (Å²) in [5.41, 5.74) is 2.68. The number of carbonyl (C=O) groups is 1. The zero-order valence-electron chi connectivity index (χ0n) is 12.9. The molecule has 1 aliphatic heterocycles. The number of rotatable bonds is 5. The molecule has 0 spiro atoms. The van der Waals surface area contributed by atoms with E-state index in [9.17, 15) is 9.90 Å². The van der Waals surface area contributed by atoms with E-state index in [0.717, 1.165) is 12.8 Å². The fourth-order valence-electron chi connectivity index (χ4n) is 3.47. The van der Waals surface area contributed by atoms with Gasteiger partial charge in [0, 0.05) is 25.7 Å². The first kappa shape index (κ1) is 15.5. The Balaban J connectivity index is 1.69. The van der Waals surface area contributed by atoms with E-state index >= 15 is 0 Å². The molecule has 1 fully saturated rings. The van der Waals surface area contributed by atoms with Crippen LogP contribution >= 0.6 is 0 Å². The standard InChI is InChI=1S/C17H24N2O3/c20-10-7-19(13-17(21)18-8-11-22-12-9-18)16-6-5-14-3-1-2-4-15(14)16/h1-4,16,20H,5-13H2. The number of fused-ring (bicyclic) bond motifs is 1. The first-order chi connectivity index (χ1) is 10.8. The molecule has 1 amide bonds. The van der Waals surface area contributed by atoms with Gasteiger partial charge in [-0.25, -0.2) is 0 Å². The molecule has 1 aliphatic carbocycles. The van der Waals surface area contributed by atoms with Crippen LogP contribution in [0.1, 0.15) is 23.6 Å². The number of nitrogens with zero attached hydrogens (tertiary/aromatic N) is 2. The number of morpholine rings is 1. The van der Waals surface area contributed by atoms with Crippen LogP contribution in [-0.2, 0) is 16.0 Å². The number of amides is 1. The number of carbonyl (C=O) groups excluding carboxylic acids is 1. The van der Waals surface area contributed by atoms with Gasteiger partial charge < -0.3 is 14.7 Å². The molecule has 1 aromatic rings. The van der Waals surface area contributed by atoms with Crippen LogP contribution in [0.3, 0.4) is 0 Å². The number of benzene rings is 1. The number of hydrogen-bond acceptors (Lipinski definition) is 4. The maximum Gasteiger partial charge on any atom is 0.236 e. The third-order valence-corrected chi connectivity index (χ3v) is 4.63. The molecular weight excluding hydrogens is 280 g/mol. The lowest BCUT2D eigenvalue weighted by atomic mass is 10.1. The van der Waals surface area contributed by atoms with Gasteiger partial charge in [-0.3, -0.25) is 9.69 Å². The lowest BCUT2D eigenvalue weighted by Crippen LogP contribution is -2.46. The van der Waals surface area contributed by atoms with Gasteiger partial charge in [0.15, 0.2) is 0 Å². The molecular formula is C17H24N2O3. The Labute approximate surface area is 131 Å². The van der Waals surface area contributed by atoms with E-state index in [2.05, 4.69) is 29.2 Å². The van der Waals surface area contributed by atoms with Crippen molar-refractivity contribution in [3.8, 4) is 0 Å². The summed E-state index contributed by atoms with van der Waals surface area (Å²) >= 11 is 0. The minimum Gasteiger partial charge on any atom is -0.395 e. The van der Waals surface area contributed by atoms with Crippen LogP contribution in [0.2, 0.25) is 0 Å². The van der Waals surface area contributed by atoms with Crippen molar-refractivity contribution in [2.45, 2.75) is 18.9 Å². The Bertz CT molecular complexity index is 514. The van der Waals surface area contributed by atoms with Crippen molar-refractivity contribution in [1.29, 1.82) is 0 Å². The molecule has 1 unspecified atom stereocenters. The molecule has 1 heterocycles. The lowest BCUT2D eigenvalue weighted by Gasteiger charge is -2.32. The fourth-order valence-corrected chi connectivity index (χ4v) is 3.47. The Kier molecular flexibility index (Phi) is 5.08. The fraction of sp³-hybridized carbons (Fsp3) is 0.588. The smallest absolute Gasteiger partial charge is 0.236 e. The lowest BCUT2D eigenvalue weighted by molar-refractivity contribution is -0.137. The van der Waals surface area contributed by atoms with Gasteiger partial charge in [-0.05, 0) is 24.0 Å². The van der Waals surface area contributed by atoms with E-state index in [1.54, 1.807) is 0 Å². The van der Waals surface area contributed by atoms with Crippen molar-refractivity contribution < 1.29 is 14.6 Å². The normalized spacial score (nSPS) is 21.2. The molecule has 1 atom stereocenters. The van der Waals surface area contributed by atoms with Gasteiger partial charge >= 0.3 is 0 Å². The number of aryl methyl sites for hydroxylation is 1. The van der Waals surface area contributed by atoms with Gasteiger partial charge in [-0.2, -0.15) is 0 Å². The number of aliphatic hydroxyl groups is 1. The van der Waals surface area contributed by atoms with E-state index in [4.69, 9.17) is 4.74 Å². The van der Waals surface area contributed by atoms with Crippen LogP contribution in [0.25, 0.3) is 0 Å². The summed E-state index contributed by atoms with van der Waals surface area (Å²) in [5, 5.41) is 9.38. The van der Waals surface area contributed by atoms with Gasteiger partial charge in [-0.15, -0.1) is 0 Å². The van der Waals surface area contributed by atoms with Crippen LogP contribution in [0.15, 0.2) is 24.3 Å². The Hall–Kier alpha value is -1.43. The Morgan fingerprint density at radius 1 is 1.32 bits per heavy atom. The molecule has 1 N–H and O–H groups in total. The number of aliphatic hydroxyl groups excluding tert-OH is 1. The second-order valence-electron chi connectivity index (χ2n) is 5.94. The molecule has 5 nitrogen and oxygen atoms in total. The van der Waals surface area contributed by atoms with Crippen LogP contribution in [0.4, 0.5) is 0 Å². The van der Waals surface area contributed by atoms with Crippen LogP contribution in [-0.4, -0.2) is 66.8 Å². The van der Waals surface area contributed by atoms with E-state index in [-0.39, 0.29) is 18.6 Å². The SMILES string of the molecule is O=C(CN(CCO)C1CCc2ccccc21)N1CCOCC1. The van der Waals surface area contributed by atoms with Crippen molar-refractivity contribution in [1.82, 2.24) is 9.80 Å². The van der Waals surface area contributed by atoms with Gasteiger partial charge in [-0.1, -0.05) is 24.3 Å². The predicted molar refractivity (Wildman–Crippen MR) is 83.6 cm³/mol. The molecule has 0 saturated carbocycles. The largest absolute Gasteiger partial charge is 0.395 e. The second kappa shape index (κ2) is 7.22. The first-order valence-electron chi connectivity index (χ1n) is 8.08. The molecule has 0 radical (unpaired) electrons. The van der Waals surface area contributed by atoms with Gasteiger partial charge in [0.1, 0.15) is 0 Å². The van der Waals surface area contributed by atoms with Crippen molar-refractivity contribution in [3.63, 3.8) is 0 Å². The van der Waals surface area contributed by atoms with Crippen molar-refractivity contribution in [3.05, 3.63) is 35.4 Å². The summed E-state index contributed by atoms with van der Waals surface area (Å²) in [7, 11) is 0. The van der Waals surface area contributed by atoms with Crippen LogP contribution < -0.4 is 0 Å². The van der Waals surface area contributed by atoms with E-state index < -0.39 is 0 Å². The zero-order valence-corrected chi connectivity index (χ0v) is 12.9. The number of ether oxygens (including phenoxy) is 1. The topological polar surface area (TPSA) is 53.0 Å². The minimum absolute atomic E-state index is 0.0784. The highest BCUT2D eigenvalue weighted by molar-refractivity contribution is 5.78. The maximum atomic E-state index is 12.5. The summed E-state index contributed by atoms with van der Waals surface area (Å²) < 4.78 is 5.30. The van der Waals surface area contributed by atoms with Crippen molar-refractivity contribution in [2.75, 3.05) is 46.0 Å². The zero-order chi connectivity index (χ0) is 15.4. The third kappa shape index (κ3) is 3.32. The average Bonchev–Trinajstić information content (AvgIpc) is 2.99. The Morgan fingerprint density at radius 3 is 2.86 bits per heavy atom. The molecule has 2 aliphatic rings. The molecule has 5 heteroatoms. The summed E-state index contributed by atoms with van der Waals surface area (Å²) in [4.78, 5) is 16.5. The van der Waals surface area contributed by atoms with Crippen molar-refractivity contribution >= 4 is 5.91 Å². The van der Waals surface area contributed by atoms with Gasteiger partial charge in [0.25, 0.3) is 0 Å². The molecule has 1 aromatic carbocycles. The predicted octanol–water partition coefficient (Wildman–Crippen LogP) is 0.827. The summed E-state index contributed by atoms with van der Waals surface area (Å²) in [5.74, 6) is 0.140. The van der Waals surface area contributed by atoms with Gasteiger partial charge in [0.05, 0.1) is 26.4 Å². The molecule has 120 valence electrons. The third-order valence-electron chi connectivity index (χ3n) is 4.63. The minimum atomic E-state index is 0.0784. The quantitative estimate of drug-likeness (QED) is 0.875. The monoisotopic (exact) mass is 304 g/mol. The molecule has 3 rings (SSSR count).